The SMILES string of the molecule is CSCC[C@H](N)C(=O)N1CC(Oc2ccc(F)cc2)C1.Cl. The zero-order chi connectivity index (χ0) is 14.5. The van der Waals surface area contributed by atoms with E-state index in [9.17, 15) is 9.18 Å². The first kappa shape index (κ1) is 18.1. The summed E-state index contributed by atoms with van der Waals surface area (Å²) in [5.41, 5.74) is 5.84. The van der Waals surface area contributed by atoms with Crippen molar-refractivity contribution in [1.29, 1.82) is 0 Å². The number of nitrogens with two attached hydrogens (primary N) is 1. The second kappa shape index (κ2) is 8.46. The van der Waals surface area contributed by atoms with E-state index in [2.05, 4.69) is 0 Å². The Kier molecular flexibility index (Phi) is 7.28. The Bertz CT molecular complexity index is 455. The fourth-order valence-corrected chi connectivity index (χ4v) is 2.49. The Morgan fingerprint density at radius 3 is 2.67 bits per heavy atom. The third kappa shape index (κ3) is 5.05. The second-order valence-electron chi connectivity index (χ2n) is 4.82. The molecule has 1 aliphatic rings. The van der Waals surface area contributed by atoms with Crippen molar-refractivity contribution in [3.8, 4) is 5.75 Å². The maximum Gasteiger partial charge on any atom is 0.239 e. The van der Waals surface area contributed by atoms with Crippen molar-refractivity contribution in [2.24, 2.45) is 5.73 Å². The molecule has 21 heavy (non-hydrogen) atoms. The van der Waals surface area contributed by atoms with Crippen LogP contribution in [0.25, 0.3) is 0 Å². The standard InChI is InChI=1S/C14H19FN2O2S.ClH/c1-20-7-6-13(16)14(18)17-8-12(9-17)19-11-4-2-10(15)3-5-11;/h2-5,12-13H,6-9,16H2,1H3;1H/t13-;/m0./s1. The minimum Gasteiger partial charge on any atom is -0.487 e. The molecule has 1 amide bonds. The van der Waals surface area contributed by atoms with E-state index < -0.39 is 6.04 Å². The highest BCUT2D eigenvalue weighted by Gasteiger charge is 2.34. The summed E-state index contributed by atoms with van der Waals surface area (Å²) in [6.45, 7) is 1.09. The molecule has 0 aromatic heterocycles. The van der Waals surface area contributed by atoms with Crippen LogP contribution < -0.4 is 10.5 Å². The van der Waals surface area contributed by atoms with E-state index in [4.69, 9.17) is 10.5 Å². The van der Waals surface area contributed by atoms with Gasteiger partial charge in [0.2, 0.25) is 5.91 Å². The number of carbonyl (C=O) groups excluding carboxylic acids is 1. The molecule has 1 aromatic rings. The average molecular weight is 335 g/mol. The van der Waals surface area contributed by atoms with Gasteiger partial charge in [0.15, 0.2) is 0 Å². The number of halogens is 2. The number of nitrogens with zero attached hydrogens (tertiary/aromatic N) is 1. The smallest absolute Gasteiger partial charge is 0.239 e. The number of ether oxygens (including phenoxy) is 1. The van der Waals surface area contributed by atoms with Gasteiger partial charge in [-0.2, -0.15) is 11.8 Å². The summed E-state index contributed by atoms with van der Waals surface area (Å²) in [6, 6.07) is 5.47. The van der Waals surface area contributed by atoms with Crippen LogP contribution in [0.15, 0.2) is 24.3 Å². The van der Waals surface area contributed by atoms with Gasteiger partial charge in [-0.15, -0.1) is 12.4 Å². The van der Waals surface area contributed by atoms with E-state index in [1.54, 1.807) is 28.8 Å². The highest BCUT2D eigenvalue weighted by atomic mass is 35.5. The molecule has 1 fully saturated rings. The van der Waals surface area contributed by atoms with Crippen LogP contribution in [0.3, 0.4) is 0 Å². The number of benzene rings is 1. The van der Waals surface area contributed by atoms with Gasteiger partial charge in [-0.05, 0) is 42.7 Å². The zero-order valence-corrected chi connectivity index (χ0v) is 13.5. The minimum absolute atomic E-state index is 0. The van der Waals surface area contributed by atoms with Gasteiger partial charge in [0.25, 0.3) is 0 Å². The summed E-state index contributed by atoms with van der Waals surface area (Å²) >= 11 is 1.68. The van der Waals surface area contributed by atoms with Crippen molar-refractivity contribution in [2.45, 2.75) is 18.6 Å². The molecule has 1 saturated heterocycles. The molecule has 118 valence electrons. The lowest BCUT2D eigenvalue weighted by Gasteiger charge is -2.40. The maximum atomic E-state index is 12.8. The van der Waals surface area contributed by atoms with Crippen molar-refractivity contribution in [3.05, 3.63) is 30.1 Å². The molecule has 2 rings (SSSR count). The van der Waals surface area contributed by atoms with Gasteiger partial charge in [-0.1, -0.05) is 0 Å². The van der Waals surface area contributed by atoms with Gasteiger partial charge in [0, 0.05) is 0 Å². The Labute approximate surface area is 134 Å². The molecule has 0 spiro atoms. The van der Waals surface area contributed by atoms with Gasteiger partial charge in [0.1, 0.15) is 17.7 Å². The molecule has 0 radical (unpaired) electrons. The third-order valence-corrected chi connectivity index (χ3v) is 3.87. The summed E-state index contributed by atoms with van der Waals surface area (Å²) in [5, 5.41) is 0. The summed E-state index contributed by atoms with van der Waals surface area (Å²) in [7, 11) is 0. The van der Waals surface area contributed by atoms with Crippen LogP contribution in [0, 0.1) is 5.82 Å². The van der Waals surface area contributed by atoms with Crippen LogP contribution in [0.2, 0.25) is 0 Å². The molecule has 7 heteroatoms. The Morgan fingerprint density at radius 1 is 1.48 bits per heavy atom. The van der Waals surface area contributed by atoms with Gasteiger partial charge in [0.05, 0.1) is 19.1 Å². The molecule has 0 bridgehead atoms. The fraction of sp³-hybridized carbons (Fsp3) is 0.500. The van der Waals surface area contributed by atoms with Gasteiger partial charge >= 0.3 is 0 Å². The molecule has 2 N–H and O–H groups in total. The Balaban J connectivity index is 0.00000220. The number of thioether (sulfide) groups is 1. The molecule has 1 aromatic carbocycles. The van der Waals surface area contributed by atoms with Crippen molar-refractivity contribution in [2.75, 3.05) is 25.1 Å². The average Bonchev–Trinajstić information content (AvgIpc) is 2.41. The predicted octanol–water partition coefficient (Wildman–Crippen LogP) is 1.92. The van der Waals surface area contributed by atoms with Crippen molar-refractivity contribution in [3.63, 3.8) is 0 Å². The molecule has 1 atom stereocenters. The monoisotopic (exact) mass is 334 g/mol. The molecular weight excluding hydrogens is 315 g/mol. The van der Waals surface area contributed by atoms with Crippen LogP contribution in [-0.4, -0.2) is 48.1 Å². The predicted molar refractivity (Wildman–Crippen MR) is 85.6 cm³/mol. The number of hydrogen-bond donors (Lipinski definition) is 1. The summed E-state index contributed by atoms with van der Waals surface area (Å²) in [5.74, 6) is 1.20. The van der Waals surface area contributed by atoms with Gasteiger partial charge in [-0.25, -0.2) is 4.39 Å². The van der Waals surface area contributed by atoms with Crippen LogP contribution in [-0.2, 0) is 4.79 Å². The number of rotatable bonds is 6. The molecule has 1 heterocycles. The van der Waals surface area contributed by atoms with E-state index in [1.807, 2.05) is 6.26 Å². The molecule has 0 unspecified atom stereocenters. The van der Waals surface area contributed by atoms with Gasteiger partial charge < -0.3 is 15.4 Å². The lowest BCUT2D eigenvalue weighted by atomic mass is 10.1. The quantitative estimate of drug-likeness (QED) is 0.863. The molecule has 1 aliphatic heterocycles. The lowest BCUT2D eigenvalue weighted by molar-refractivity contribution is -0.141. The first-order valence-electron chi connectivity index (χ1n) is 6.55. The van der Waals surface area contributed by atoms with Crippen LogP contribution in [0.4, 0.5) is 4.39 Å². The maximum absolute atomic E-state index is 12.8. The first-order chi connectivity index (χ1) is 9.60. The molecular formula is C14H20ClFN2O2S. The van der Waals surface area contributed by atoms with Crippen LogP contribution in [0.5, 0.6) is 5.75 Å². The summed E-state index contributed by atoms with van der Waals surface area (Å²) < 4.78 is 18.4. The van der Waals surface area contributed by atoms with E-state index in [1.165, 1.54) is 12.1 Å². The molecule has 4 nitrogen and oxygen atoms in total. The molecule has 0 aliphatic carbocycles. The van der Waals surface area contributed by atoms with Crippen LogP contribution >= 0.6 is 24.2 Å². The second-order valence-corrected chi connectivity index (χ2v) is 5.81. The largest absolute Gasteiger partial charge is 0.487 e. The zero-order valence-electron chi connectivity index (χ0n) is 11.8. The van der Waals surface area contributed by atoms with Crippen molar-refractivity contribution in [1.82, 2.24) is 4.90 Å². The van der Waals surface area contributed by atoms with Crippen LogP contribution in [0.1, 0.15) is 6.42 Å². The number of hydrogen-bond acceptors (Lipinski definition) is 4. The van der Waals surface area contributed by atoms with E-state index in [-0.39, 0.29) is 30.2 Å². The highest BCUT2D eigenvalue weighted by molar-refractivity contribution is 7.98. The minimum atomic E-state index is -0.422. The number of likely N-dealkylation sites (tertiary alicyclic amines) is 1. The van der Waals surface area contributed by atoms with Crippen molar-refractivity contribution >= 4 is 30.1 Å². The Hall–Kier alpha value is -0.980. The van der Waals surface area contributed by atoms with Gasteiger partial charge in [-0.3, -0.25) is 4.79 Å². The van der Waals surface area contributed by atoms with E-state index in [0.29, 0.717) is 25.3 Å². The number of carbonyl (C=O) groups is 1. The Morgan fingerprint density at radius 2 is 2.10 bits per heavy atom. The van der Waals surface area contributed by atoms with E-state index >= 15 is 0 Å². The topological polar surface area (TPSA) is 55.6 Å². The summed E-state index contributed by atoms with van der Waals surface area (Å²) in [4.78, 5) is 13.7. The van der Waals surface area contributed by atoms with Crippen molar-refractivity contribution < 1.29 is 13.9 Å². The highest BCUT2D eigenvalue weighted by Crippen LogP contribution is 2.19. The lowest BCUT2D eigenvalue weighted by Crippen LogP contribution is -2.59. The molecule has 0 saturated carbocycles. The normalized spacial score (nSPS) is 15.9. The van der Waals surface area contributed by atoms with E-state index in [0.717, 1.165) is 5.75 Å². The number of amides is 1. The summed E-state index contributed by atoms with van der Waals surface area (Å²) in [6.07, 6.45) is 2.66. The fourth-order valence-electron chi connectivity index (χ4n) is 2.00. The third-order valence-electron chi connectivity index (χ3n) is 3.23. The first-order valence-corrected chi connectivity index (χ1v) is 7.95.